The second-order valence-corrected chi connectivity index (χ2v) is 6.53. The van der Waals surface area contributed by atoms with Crippen LogP contribution in [0.1, 0.15) is 27.0 Å². The number of aryl methyl sites for hydroxylation is 3. The first-order valence-corrected chi connectivity index (χ1v) is 8.39. The van der Waals surface area contributed by atoms with Crippen molar-refractivity contribution in [3.05, 3.63) is 76.9 Å². The fraction of sp³-hybridized carbons (Fsp3) is 0.143. The van der Waals surface area contributed by atoms with Crippen molar-refractivity contribution < 1.29 is 14.3 Å². The summed E-state index contributed by atoms with van der Waals surface area (Å²) in [5.41, 5.74) is 4.33. The van der Waals surface area contributed by atoms with Crippen molar-refractivity contribution >= 4 is 11.6 Å². The van der Waals surface area contributed by atoms with Gasteiger partial charge in [0.25, 0.3) is 5.91 Å². The predicted molar refractivity (Wildman–Crippen MR) is 103 cm³/mol. The smallest absolute Gasteiger partial charge is 0.274 e. The van der Waals surface area contributed by atoms with E-state index < -0.39 is 5.91 Å². The molecule has 3 N–H and O–H groups in total. The Bertz CT molecular complexity index is 1010. The van der Waals surface area contributed by atoms with Crippen LogP contribution in [0.15, 0.2) is 48.8 Å². The van der Waals surface area contributed by atoms with Gasteiger partial charge in [-0.2, -0.15) is 0 Å². The first kappa shape index (κ1) is 18.5. The molecule has 0 aliphatic heterocycles. The van der Waals surface area contributed by atoms with Gasteiger partial charge in [-0.05, 0) is 79.4 Å². The summed E-state index contributed by atoms with van der Waals surface area (Å²) < 4.78 is 13.3. The van der Waals surface area contributed by atoms with Crippen LogP contribution in [-0.2, 0) is 0 Å². The molecule has 0 radical (unpaired) electrons. The van der Waals surface area contributed by atoms with Crippen LogP contribution < -0.4 is 10.9 Å². The van der Waals surface area contributed by atoms with Gasteiger partial charge in [0.2, 0.25) is 0 Å². The van der Waals surface area contributed by atoms with E-state index in [2.05, 4.69) is 4.98 Å². The van der Waals surface area contributed by atoms with Gasteiger partial charge in [-0.15, -0.1) is 0 Å². The number of rotatable bonds is 3. The van der Waals surface area contributed by atoms with Gasteiger partial charge in [0.05, 0.1) is 11.3 Å². The van der Waals surface area contributed by atoms with Crippen molar-refractivity contribution in [2.75, 3.05) is 5.01 Å². The van der Waals surface area contributed by atoms with E-state index in [1.165, 1.54) is 24.4 Å². The van der Waals surface area contributed by atoms with Gasteiger partial charge < -0.3 is 5.11 Å². The van der Waals surface area contributed by atoms with Gasteiger partial charge in [0, 0.05) is 18.0 Å². The summed E-state index contributed by atoms with van der Waals surface area (Å²) in [6.45, 7) is 5.31. The van der Waals surface area contributed by atoms with Crippen molar-refractivity contribution in [3.8, 4) is 16.9 Å². The lowest BCUT2D eigenvalue weighted by atomic mass is 10.00. The molecular formula is C21H20FN3O2. The molecule has 0 saturated carbocycles. The molecule has 0 aliphatic carbocycles. The second-order valence-electron chi connectivity index (χ2n) is 6.53. The highest BCUT2D eigenvalue weighted by Gasteiger charge is 2.18. The first-order chi connectivity index (χ1) is 12.8. The van der Waals surface area contributed by atoms with Gasteiger partial charge in [0.15, 0.2) is 0 Å². The summed E-state index contributed by atoms with van der Waals surface area (Å²) in [5.74, 6) is 5.39. The molecule has 0 fully saturated rings. The van der Waals surface area contributed by atoms with E-state index in [4.69, 9.17) is 5.84 Å². The molecule has 1 heterocycles. The van der Waals surface area contributed by atoms with E-state index in [0.29, 0.717) is 16.8 Å². The summed E-state index contributed by atoms with van der Waals surface area (Å²) in [4.78, 5) is 16.9. The number of hydrogen-bond donors (Lipinski definition) is 2. The van der Waals surface area contributed by atoms with E-state index in [9.17, 15) is 14.3 Å². The molecule has 5 nitrogen and oxygen atoms in total. The molecule has 138 valence electrons. The molecule has 0 atom stereocenters. The van der Waals surface area contributed by atoms with Gasteiger partial charge in [-0.25, -0.2) is 15.2 Å². The third kappa shape index (κ3) is 3.66. The lowest BCUT2D eigenvalue weighted by molar-refractivity contribution is 0.0986. The molecule has 0 spiro atoms. The average molecular weight is 365 g/mol. The van der Waals surface area contributed by atoms with Crippen molar-refractivity contribution in [2.45, 2.75) is 20.8 Å². The summed E-state index contributed by atoms with van der Waals surface area (Å²) in [7, 11) is 0. The molecule has 0 saturated heterocycles. The quantitative estimate of drug-likeness (QED) is 0.417. The van der Waals surface area contributed by atoms with Crippen molar-refractivity contribution in [2.24, 2.45) is 5.84 Å². The van der Waals surface area contributed by atoms with Crippen LogP contribution in [0.25, 0.3) is 11.1 Å². The number of halogens is 1. The standard InChI is InChI=1S/C21H20FN3O2/c1-12-8-18(22)4-5-19(12)25(23)21(27)17-9-16(10-24-11-17)15-6-13(2)20(26)14(3)7-15/h4-11,26H,23H2,1-3H3. The number of carbonyl (C=O) groups excluding carboxylic acids is 1. The number of nitrogens with two attached hydrogens (primary N) is 1. The van der Waals surface area contributed by atoms with Gasteiger partial charge >= 0.3 is 0 Å². The molecule has 0 bridgehead atoms. The number of phenolic OH excluding ortho intramolecular Hbond substituents is 1. The topological polar surface area (TPSA) is 79.5 Å². The lowest BCUT2D eigenvalue weighted by Crippen LogP contribution is -2.38. The zero-order valence-corrected chi connectivity index (χ0v) is 15.3. The number of aromatic nitrogens is 1. The SMILES string of the molecule is Cc1cc(F)ccc1N(N)C(=O)c1cncc(-c2cc(C)c(O)c(C)c2)c1. The summed E-state index contributed by atoms with van der Waals surface area (Å²) in [6.07, 6.45) is 3.08. The summed E-state index contributed by atoms with van der Waals surface area (Å²) in [6, 6.07) is 9.40. The van der Waals surface area contributed by atoms with Gasteiger partial charge in [-0.3, -0.25) is 9.78 Å². The van der Waals surface area contributed by atoms with E-state index in [0.717, 1.165) is 27.3 Å². The maximum Gasteiger partial charge on any atom is 0.274 e. The third-order valence-electron chi connectivity index (χ3n) is 4.45. The maximum atomic E-state index is 13.3. The largest absolute Gasteiger partial charge is 0.507 e. The van der Waals surface area contributed by atoms with Crippen LogP contribution in [-0.4, -0.2) is 16.0 Å². The van der Waals surface area contributed by atoms with E-state index in [1.54, 1.807) is 19.2 Å². The van der Waals surface area contributed by atoms with Crippen LogP contribution in [0, 0.1) is 26.6 Å². The van der Waals surface area contributed by atoms with Crippen molar-refractivity contribution in [1.82, 2.24) is 4.98 Å². The predicted octanol–water partition coefficient (Wildman–Crippen LogP) is 4.04. The number of pyridine rings is 1. The van der Waals surface area contributed by atoms with E-state index in [-0.39, 0.29) is 11.6 Å². The average Bonchev–Trinajstić information content (AvgIpc) is 2.64. The zero-order valence-electron chi connectivity index (χ0n) is 15.3. The monoisotopic (exact) mass is 365 g/mol. The molecule has 1 aromatic heterocycles. The molecule has 0 unspecified atom stereocenters. The number of aromatic hydroxyl groups is 1. The highest BCUT2D eigenvalue weighted by molar-refractivity contribution is 6.06. The summed E-state index contributed by atoms with van der Waals surface area (Å²) in [5, 5.41) is 10.9. The Morgan fingerprint density at radius 3 is 2.30 bits per heavy atom. The molecule has 6 heteroatoms. The molecule has 2 aromatic carbocycles. The minimum Gasteiger partial charge on any atom is -0.507 e. The Morgan fingerprint density at radius 2 is 1.67 bits per heavy atom. The van der Waals surface area contributed by atoms with Crippen molar-refractivity contribution in [3.63, 3.8) is 0 Å². The number of anilines is 1. The number of benzene rings is 2. The number of phenols is 1. The number of nitrogens with zero attached hydrogens (tertiary/aromatic N) is 2. The van der Waals surface area contributed by atoms with Crippen LogP contribution in [0.5, 0.6) is 5.75 Å². The Morgan fingerprint density at radius 1 is 1.00 bits per heavy atom. The number of hydrazine groups is 1. The Hall–Kier alpha value is -3.25. The fourth-order valence-electron chi connectivity index (χ4n) is 2.97. The molecule has 1 amide bonds. The normalized spacial score (nSPS) is 10.7. The fourth-order valence-corrected chi connectivity index (χ4v) is 2.97. The van der Waals surface area contributed by atoms with Crippen LogP contribution in [0.4, 0.5) is 10.1 Å². The number of amides is 1. The minimum atomic E-state index is -0.453. The number of carbonyl (C=O) groups is 1. The maximum absolute atomic E-state index is 13.3. The zero-order chi connectivity index (χ0) is 19.7. The first-order valence-electron chi connectivity index (χ1n) is 8.39. The molecule has 0 aliphatic rings. The minimum absolute atomic E-state index is 0.249. The van der Waals surface area contributed by atoms with Crippen molar-refractivity contribution in [1.29, 1.82) is 0 Å². The highest BCUT2D eigenvalue weighted by atomic mass is 19.1. The van der Waals surface area contributed by atoms with Gasteiger partial charge in [0.1, 0.15) is 11.6 Å². The molecule has 27 heavy (non-hydrogen) atoms. The molecule has 3 rings (SSSR count). The third-order valence-corrected chi connectivity index (χ3v) is 4.45. The van der Waals surface area contributed by atoms with Gasteiger partial charge in [-0.1, -0.05) is 0 Å². The van der Waals surface area contributed by atoms with Crippen LogP contribution in [0.3, 0.4) is 0 Å². The van der Waals surface area contributed by atoms with E-state index >= 15 is 0 Å². The second kappa shape index (κ2) is 7.17. The molecular weight excluding hydrogens is 345 g/mol. The Kier molecular flexibility index (Phi) is 4.92. The summed E-state index contributed by atoms with van der Waals surface area (Å²) >= 11 is 0. The number of hydrogen-bond acceptors (Lipinski definition) is 4. The Balaban J connectivity index is 1.96. The highest BCUT2D eigenvalue weighted by Crippen LogP contribution is 2.29. The lowest BCUT2D eigenvalue weighted by Gasteiger charge is -2.19. The Labute approximate surface area is 156 Å². The molecule has 3 aromatic rings. The van der Waals surface area contributed by atoms with E-state index in [1.807, 2.05) is 26.0 Å². The van der Waals surface area contributed by atoms with Crippen LogP contribution >= 0.6 is 0 Å². The van der Waals surface area contributed by atoms with Crippen LogP contribution in [0.2, 0.25) is 0 Å².